The van der Waals surface area contributed by atoms with Gasteiger partial charge in [-0.15, -0.1) is 0 Å². The van der Waals surface area contributed by atoms with E-state index < -0.39 is 0 Å². The monoisotopic (exact) mass is 306 g/mol. The molecule has 1 aromatic carbocycles. The van der Waals surface area contributed by atoms with Gasteiger partial charge in [0.2, 0.25) is 0 Å². The number of pyridine rings is 1. The molecule has 0 spiro atoms. The van der Waals surface area contributed by atoms with Crippen LogP contribution in [0.3, 0.4) is 0 Å². The molecule has 0 aliphatic carbocycles. The molecule has 0 amide bonds. The van der Waals surface area contributed by atoms with Gasteiger partial charge in [-0.2, -0.15) is 0 Å². The van der Waals surface area contributed by atoms with Gasteiger partial charge in [0.15, 0.2) is 0 Å². The number of hydrogen-bond acceptors (Lipinski definition) is 3. The highest BCUT2D eigenvalue weighted by atomic mass is 79.9. The van der Waals surface area contributed by atoms with Crippen molar-refractivity contribution in [2.75, 3.05) is 7.05 Å². The number of ether oxygens (including phenoxy) is 1. The molecule has 1 N–H and O–H groups in total. The van der Waals surface area contributed by atoms with Crippen molar-refractivity contribution >= 4 is 15.9 Å². The highest BCUT2D eigenvalue weighted by Gasteiger charge is 2.03. The molecule has 2 rings (SSSR count). The van der Waals surface area contributed by atoms with Crippen LogP contribution in [-0.2, 0) is 13.2 Å². The summed E-state index contributed by atoms with van der Waals surface area (Å²) in [6.07, 6.45) is 3.53. The molecule has 18 heavy (non-hydrogen) atoms. The second-order valence-electron chi connectivity index (χ2n) is 3.93. The summed E-state index contributed by atoms with van der Waals surface area (Å²) in [5.41, 5.74) is 2.25. The number of nitrogens with one attached hydrogen (secondary N) is 1. The molecule has 0 unspecified atom stereocenters. The van der Waals surface area contributed by atoms with E-state index in [2.05, 4.69) is 26.2 Å². The van der Waals surface area contributed by atoms with Gasteiger partial charge in [0.25, 0.3) is 0 Å². The van der Waals surface area contributed by atoms with E-state index in [1.54, 1.807) is 12.4 Å². The standard InChI is InChI=1S/C14H15BrN2O/c1-16-8-12-6-7-17-9-14(12)18-10-11-2-4-13(15)5-3-11/h2-7,9,16H,8,10H2,1H3. The SMILES string of the molecule is CNCc1ccncc1OCc1ccc(Br)cc1. The van der Waals surface area contributed by atoms with E-state index >= 15 is 0 Å². The summed E-state index contributed by atoms with van der Waals surface area (Å²) in [6, 6.07) is 10.1. The van der Waals surface area contributed by atoms with Crippen molar-refractivity contribution in [1.82, 2.24) is 10.3 Å². The second-order valence-corrected chi connectivity index (χ2v) is 4.84. The minimum Gasteiger partial charge on any atom is -0.487 e. The molecule has 0 bridgehead atoms. The van der Waals surface area contributed by atoms with Crippen LogP contribution in [0.1, 0.15) is 11.1 Å². The Balaban J connectivity index is 2.03. The first-order valence-corrected chi connectivity index (χ1v) is 6.53. The summed E-state index contributed by atoms with van der Waals surface area (Å²) in [5.74, 6) is 0.828. The van der Waals surface area contributed by atoms with E-state index in [4.69, 9.17) is 4.74 Å². The van der Waals surface area contributed by atoms with Gasteiger partial charge in [-0.25, -0.2) is 0 Å². The maximum absolute atomic E-state index is 5.80. The fourth-order valence-corrected chi connectivity index (χ4v) is 1.88. The predicted molar refractivity (Wildman–Crippen MR) is 75.5 cm³/mol. The average Bonchev–Trinajstić information content (AvgIpc) is 2.40. The molecule has 0 aliphatic rings. The van der Waals surface area contributed by atoms with Crippen LogP contribution in [0.2, 0.25) is 0 Å². The smallest absolute Gasteiger partial charge is 0.142 e. The lowest BCUT2D eigenvalue weighted by Crippen LogP contribution is -2.07. The number of aromatic nitrogens is 1. The van der Waals surface area contributed by atoms with E-state index in [0.717, 1.165) is 27.9 Å². The minimum atomic E-state index is 0.551. The summed E-state index contributed by atoms with van der Waals surface area (Å²) in [6.45, 7) is 1.33. The van der Waals surface area contributed by atoms with E-state index in [1.165, 1.54) is 0 Å². The highest BCUT2D eigenvalue weighted by Crippen LogP contribution is 2.18. The van der Waals surface area contributed by atoms with Crippen LogP contribution in [0.5, 0.6) is 5.75 Å². The Kier molecular flexibility index (Phi) is 4.73. The van der Waals surface area contributed by atoms with Crippen LogP contribution in [0.15, 0.2) is 47.2 Å². The molecule has 0 aliphatic heterocycles. The first kappa shape index (κ1) is 13.1. The van der Waals surface area contributed by atoms with Crippen molar-refractivity contribution in [1.29, 1.82) is 0 Å². The Morgan fingerprint density at radius 2 is 2.00 bits per heavy atom. The molecule has 1 heterocycles. The van der Waals surface area contributed by atoms with Gasteiger partial charge in [0.1, 0.15) is 12.4 Å². The Labute approximate surface area is 115 Å². The molecule has 2 aromatic rings. The van der Waals surface area contributed by atoms with Crippen molar-refractivity contribution in [3.8, 4) is 5.75 Å². The van der Waals surface area contributed by atoms with E-state index in [0.29, 0.717) is 6.61 Å². The zero-order valence-electron chi connectivity index (χ0n) is 10.2. The normalized spacial score (nSPS) is 10.3. The number of nitrogens with zero attached hydrogens (tertiary/aromatic N) is 1. The Bertz CT molecular complexity index is 499. The van der Waals surface area contributed by atoms with E-state index in [-0.39, 0.29) is 0 Å². The average molecular weight is 307 g/mol. The lowest BCUT2D eigenvalue weighted by atomic mass is 10.2. The van der Waals surface area contributed by atoms with Crippen molar-refractivity contribution in [2.45, 2.75) is 13.2 Å². The van der Waals surface area contributed by atoms with Gasteiger partial charge in [-0.05, 0) is 30.8 Å². The number of rotatable bonds is 5. The van der Waals surface area contributed by atoms with Crippen LogP contribution in [0.25, 0.3) is 0 Å². The Hall–Kier alpha value is -1.39. The quantitative estimate of drug-likeness (QED) is 0.921. The summed E-state index contributed by atoms with van der Waals surface area (Å²) in [7, 11) is 1.92. The molecular formula is C14H15BrN2O. The Morgan fingerprint density at radius 3 is 2.72 bits per heavy atom. The van der Waals surface area contributed by atoms with Crippen molar-refractivity contribution in [3.05, 3.63) is 58.3 Å². The van der Waals surface area contributed by atoms with E-state index in [1.807, 2.05) is 37.4 Å². The second kappa shape index (κ2) is 6.52. The molecule has 94 valence electrons. The van der Waals surface area contributed by atoms with Gasteiger partial charge < -0.3 is 10.1 Å². The minimum absolute atomic E-state index is 0.551. The molecule has 0 atom stereocenters. The first-order chi connectivity index (χ1) is 8.79. The number of hydrogen-bond donors (Lipinski definition) is 1. The maximum Gasteiger partial charge on any atom is 0.142 e. The zero-order valence-corrected chi connectivity index (χ0v) is 11.8. The largest absolute Gasteiger partial charge is 0.487 e. The van der Waals surface area contributed by atoms with Crippen LogP contribution < -0.4 is 10.1 Å². The third kappa shape index (κ3) is 3.55. The lowest BCUT2D eigenvalue weighted by molar-refractivity contribution is 0.301. The van der Waals surface area contributed by atoms with Gasteiger partial charge >= 0.3 is 0 Å². The fourth-order valence-electron chi connectivity index (χ4n) is 1.62. The topological polar surface area (TPSA) is 34.2 Å². The molecule has 0 saturated carbocycles. The molecule has 4 heteroatoms. The van der Waals surface area contributed by atoms with Gasteiger partial charge in [-0.3, -0.25) is 4.98 Å². The van der Waals surface area contributed by atoms with Crippen molar-refractivity contribution < 1.29 is 4.74 Å². The van der Waals surface area contributed by atoms with Gasteiger partial charge in [0.05, 0.1) is 6.20 Å². The van der Waals surface area contributed by atoms with Crippen LogP contribution in [0.4, 0.5) is 0 Å². The molecule has 0 fully saturated rings. The maximum atomic E-state index is 5.80. The number of halogens is 1. The lowest BCUT2D eigenvalue weighted by Gasteiger charge is -2.10. The Morgan fingerprint density at radius 1 is 1.22 bits per heavy atom. The molecule has 1 aromatic heterocycles. The number of benzene rings is 1. The molecule has 3 nitrogen and oxygen atoms in total. The third-order valence-corrected chi connectivity index (χ3v) is 3.07. The summed E-state index contributed by atoms with van der Waals surface area (Å²) >= 11 is 3.41. The predicted octanol–water partition coefficient (Wildman–Crippen LogP) is 3.14. The van der Waals surface area contributed by atoms with Crippen LogP contribution >= 0.6 is 15.9 Å². The molecule has 0 saturated heterocycles. The van der Waals surface area contributed by atoms with Crippen molar-refractivity contribution in [2.24, 2.45) is 0 Å². The first-order valence-electron chi connectivity index (χ1n) is 5.74. The van der Waals surface area contributed by atoms with E-state index in [9.17, 15) is 0 Å². The highest BCUT2D eigenvalue weighted by molar-refractivity contribution is 9.10. The van der Waals surface area contributed by atoms with Crippen LogP contribution in [0, 0.1) is 0 Å². The fraction of sp³-hybridized carbons (Fsp3) is 0.214. The van der Waals surface area contributed by atoms with Crippen LogP contribution in [-0.4, -0.2) is 12.0 Å². The van der Waals surface area contributed by atoms with Gasteiger partial charge in [-0.1, -0.05) is 28.1 Å². The molecular weight excluding hydrogens is 292 g/mol. The summed E-state index contributed by atoms with van der Waals surface area (Å²) in [5, 5.41) is 3.12. The molecule has 0 radical (unpaired) electrons. The summed E-state index contributed by atoms with van der Waals surface area (Å²) in [4.78, 5) is 4.09. The third-order valence-electron chi connectivity index (χ3n) is 2.54. The zero-order chi connectivity index (χ0) is 12.8. The van der Waals surface area contributed by atoms with Crippen molar-refractivity contribution in [3.63, 3.8) is 0 Å². The summed E-state index contributed by atoms with van der Waals surface area (Å²) < 4.78 is 6.87. The van der Waals surface area contributed by atoms with Gasteiger partial charge in [0, 0.05) is 22.8 Å².